The molecule has 0 aliphatic heterocycles. The normalized spacial score (nSPS) is 9.25. The maximum Gasteiger partial charge on any atom is 0.328 e. The van der Waals surface area contributed by atoms with Gasteiger partial charge in [0.1, 0.15) is 0 Å². The monoisotopic (exact) mass is 234 g/mol. The van der Waals surface area contributed by atoms with Crippen molar-refractivity contribution in [2.75, 3.05) is 0 Å². The van der Waals surface area contributed by atoms with Crippen molar-refractivity contribution in [3.05, 3.63) is 12.2 Å². The van der Waals surface area contributed by atoms with E-state index in [0.717, 1.165) is 0 Å². The Balaban J connectivity index is -0.000000179. The molecule has 0 heterocycles. The van der Waals surface area contributed by atoms with E-state index in [2.05, 4.69) is 0 Å². The van der Waals surface area contributed by atoms with Crippen LogP contribution in [0.3, 0.4) is 0 Å². The van der Waals surface area contributed by atoms with E-state index >= 15 is 0 Å². The highest BCUT2D eigenvalue weighted by molar-refractivity contribution is 5.89. The molecule has 0 rings (SSSR count). The van der Waals surface area contributed by atoms with Gasteiger partial charge in [0.05, 0.1) is 0 Å². The van der Waals surface area contributed by atoms with Crippen LogP contribution in [0.5, 0.6) is 0 Å². The quantitative estimate of drug-likeness (QED) is 0.513. The second-order valence-electron chi connectivity index (χ2n) is 3.50. The molecule has 0 spiro atoms. The lowest BCUT2D eigenvalue weighted by Crippen LogP contribution is -2.07. The zero-order chi connectivity index (χ0) is 13.7. The first kappa shape index (κ1) is 20.1. The van der Waals surface area contributed by atoms with Gasteiger partial charge in [0.15, 0.2) is 0 Å². The van der Waals surface area contributed by atoms with Crippen LogP contribution < -0.4 is 11.5 Å². The van der Waals surface area contributed by atoms with Gasteiger partial charge in [-0.25, -0.2) is 9.59 Å². The lowest BCUT2D eigenvalue weighted by atomic mass is 10.4. The third kappa shape index (κ3) is 131. The van der Waals surface area contributed by atoms with Crippen molar-refractivity contribution < 1.29 is 19.8 Å². The molecule has 0 radical (unpaired) electrons. The fraction of sp³-hybridized carbons (Fsp3) is 0.600. The van der Waals surface area contributed by atoms with E-state index < -0.39 is 11.9 Å². The molecular formula is C10H22N2O4. The van der Waals surface area contributed by atoms with Crippen LogP contribution >= 0.6 is 0 Å². The van der Waals surface area contributed by atoms with Crippen molar-refractivity contribution in [3.63, 3.8) is 0 Å². The Labute approximate surface area is 95.9 Å². The lowest BCUT2D eigenvalue weighted by Gasteiger charge is -1.81. The fourth-order valence-corrected chi connectivity index (χ4v) is 0.143. The average molecular weight is 234 g/mol. The molecule has 6 heteroatoms. The van der Waals surface area contributed by atoms with Crippen LogP contribution in [0.1, 0.15) is 27.7 Å². The predicted molar refractivity (Wildman–Crippen MR) is 63.1 cm³/mol. The number of carboxylic acid groups (broad SMARTS) is 2. The van der Waals surface area contributed by atoms with E-state index in [1.165, 1.54) is 0 Å². The first-order chi connectivity index (χ1) is 7.09. The number of nitrogens with two attached hydrogens (primary N) is 2. The third-order valence-corrected chi connectivity index (χ3v) is 0.368. The maximum atomic E-state index is 9.55. The minimum absolute atomic E-state index is 0.333. The van der Waals surface area contributed by atoms with E-state index in [9.17, 15) is 9.59 Å². The molecule has 96 valence electrons. The van der Waals surface area contributed by atoms with Gasteiger partial charge >= 0.3 is 11.9 Å². The van der Waals surface area contributed by atoms with Crippen molar-refractivity contribution >= 4 is 11.9 Å². The summed E-state index contributed by atoms with van der Waals surface area (Å²) in [4.78, 5) is 19.1. The summed E-state index contributed by atoms with van der Waals surface area (Å²) in [5.74, 6) is -2.51. The summed E-state index contributed by atoms with van der Waals surface area (Å²) in [5, 5.41) is 15.6. The number of hydrogen-bond acceptors (Lipinski definition) is 4. The molecule has 0 amide bonds. The Bertz CT molecular complexity index is 185. The van der Waals surface area contributed by atoms with Crippen LogP contribution in [0.2, 0.25) is 0 Å². The minimum Gasteiger partial charge on any atom is -0.478 e. The molecule has 0 aromatic carbocycles. The average Bonchev–Trinajstić information content (AvgIpc) is 1.98. The van der Waals surface area contributed by atoms with Gasteiger partial charge in [0, 0.05) is 12.2 Å². The van der Waals surface area contributed by atoms with Crippen LogP contribution in [0, 0.1) is 0 Å². The van der Waals surface area contributed by atoms with Crippen molar-refractivity contribution in [1.82, 2.24) is 0 Å². The largest absolute Gasteiger partial charge is 0.478 e. The number of carboxylic acids is 2. The molecule has 6 N–H and O–H groups in total. The topological polar surface area (TPSA) is 127 Å². The first-order valence-corrected chi connectivity index (χ1v) is 4.74. The fourth-order valence-electron chi connectivity index (χ4n) is 0.143. The van der Waals surface area contributed by atoms with Gasteiger partial charge in [-0.15, -0.1) is 0 Å². The first-order valence-electron chi connectivity index (χ1n) is 4.74. The lowest BCUT2D eigenvalue weighted by molar-refractivity contribution is -0.134. The van der Waals surface area contributed by atoms with Crippen molar-refractivity contribution in [2.24, 2.45) is 11.5 Å². The highest BCUT2D eigenvalue weighted by atomic mass is 16.4. The Morgan fingerprint density at radius 3 is 1.06 bits per heavy atom. The Morgan fingerprint density at radius 2 is 1.00 bits per heavy atom. The zero-order valence-corrected chi connectivity index (χ0v) is 10.2. The van der Waals surface area contributed by atoms with E-state index in [-0.39, 0.29) is 0 Å². The zero-order valence-electron chi connectivity index (χ0n) is 10.2. The summed E-state index contributed by atoms with van der Waals surface area (Å²) in [7, 11) is 0. The number of carbonyl (C=O) groups is 2. The standard InChI is InChI=1S/C4H4O4.2C3H9N/c5-3(6)1-2-4(7)8;2*1-3(2)4/h1-2H,(H,5,6)(H,7,8);2*3H,4H2,1-2H3/b2-1+;;. The van der Waals surface area contributed by atoms with E-state index in [0.29, 0.717) is 24.2 Å². The molecule has 0 saturated carbocycles. The molecule has 6 nitrogen and oxygen atoms in total. The van der Waals surface area contributed by atoms with Crippen molar-refractivity contribution in [1.29, 1.82) is 0 Å². The molecule has 16 heavy (non-hydrogen) atoms. The van der Waals surface area contributed by atoms with Gasteiger partial charge in [-0.1, -0.05) is 27.7 Å². The second-order valence-corrected chi connectivity index (χ2v) is 3.50. The van der Waals surface area contributed by atoms with Gasteiger partial charge in [0.2, 0.25) is 0 Å². The number of hydrogen-bond donors (Lipinski definition) is 4. The third-order valence-electron chi connectivity index (χ3n) is 0.368. The summed E-state index contributed by atoms with van der Waals surface area (Å²) in [6, 6.07) is 0.667. The smallest absolute Gasteiger partial charge is 0.328 e. The minimum atomic E-state index is -1.26. The molecule has 0 saturated heterocycles. The van der Waals surface area contributed by atoms with E-state index in [1.807, 2.05) is 27.7 Å². The molecule has 0 fully saturated rings. The number of rotatable bonds is 2. The van der Waals surface area contributed by atoms with Crippen LogP contribution in [-0.4, -0.2) is 34.2 Å². The van der Waals surface area contributed by atoms with E-state index in [4.69, 9.17) is 21.7 Å². The molecule has 0 unspecified atom stereocenters. The van der Waals surface area contributed by atoms with Crippen LogP contribution in [-0.2, 0) is 9.59 Å². The van der Waals surface area contributed by atoms with Crippen molar-refractivity contribution in [2.45, 2.75) is 39.8 Å². The number of aliphatic carboxylic acids is 2. The van der Waals surface area contributed by atoms with E-state index in [1.54, 1.807) is 0 Å². The van der Waals surface area contributed by atoms with Crippen molar-refractivity contribution in [3.8, 4) is 0 Å². The summed E-state index contributed by atoms with van der Waals surface area (Å²) in [6.45, 7) is 7.78. The Morgan fingerprint density at radius 1 is 0.875 bits per heavy atom. The van der Waals surface area contributed by atoms with Gasteiger partial charge in [0.25, 0.3) is 0 Å². The molecule has 0 aromatic heterocycles. The van der Waals surface area contributed by atoms with Gasteiger partial charge in [-0.3, -0.25) is 0 Å². The van der Waals surface area contributed by atoms with Crippen LogP contribution in [0.15, 0.2) is 12.2 Å². The SMILES string of the molecule is CC(C)N.CC(C)N.O=C(O)/C=C/C(=O)O. The van der Waals surface area contributed by atoms with Crippen LogP contribution in [0.4, 0.5) is 0 Å². The molecule has 0 aliphatic carbocycles. The highest BCUT2D eigenvalue weighted by Gasteiger charge is 1.88. The van der Waals surface area contributed by atoms with Gasteiger partial charge < -0.3 is 21.7 Å². The van der Waals surface area contributed by atoms with Crippen LogP contribution in [0.25, 0.3) is 0 Å². The molecule has 0 aliphatic rings. The Kier molecular flexibility index (Phi) is 17.1. The summed E-state index contributed by atoms with van der Waals surface area (Å²) in [5.41, 5.74) is 10.2. The molecule has 0 bridgehead atoms. The molecule has 0 atom stereocenters. The Hall–Kier alpha value is -1.40. The summed E-state index contributed by atoms with van der Waals surface area (Å²) >= 11 is 0. The molecule has 0 aromatic rings. The summed E-state index contributed by atoms with van der Waals surface area (Å²) in [6.07, 6.45) is 1.12. The molecular weight excluding hydrogens is 212 g/mol. The summed E-state index contributed by atoms with van der Waals surface area (Å²) < 4.78 is 0. The van der Waals surface area contributed by atoms with Gasteiger partial charge in [-0.2, -0.15) is 0 Å². The van der Waals surface area contributed by atoms with Gasteiger partial charge in [-0.05, 0) is 12.1 Å². The second kappa shape index (κ2) is 13.6. The predicted octanol–water partition coefficient (Wildman–Crippen LogP) is 0.419. The highest BCUT2D eigenvalue weighted by Crippen LogP contribution is 1.70. The maximum absolute atomic E-state index is 9.55.